The fourth-order valence-electron chi connectivity index (χ4n) is 3.34. The van der Waals surface area contributed by atoms with Crippen molar-refractivity contribution in [1.82, 2.24) is 4.90 Å². The number of ether oxygens (including phenoxy) is 1. The van der Waals surface area contributed by atoms with E-state index in [4.69, 9.17) is 4.74 Å². The van der Waals surface area contributed by atoms with Gasteiger partial charge < -0.3 is 14.9 Å². The quantitative estimate of drug-likeness (QED) is 0.692. The molecule has 1 aliphatic rings. The maximum absolute atomic E-state index is 10.7. The molecule has 1 heterocycles. The Balaban J connectivity index is 1.58. The molecule has 1 aliphatic heterocycles. The predicted octanol–water partition coefficient (Wildman–Crippen LogP) is 3.28. The van der Waals surface area contributed by atoms with Crippen LogP contribution in [0.15, 0.2) is 60.7 Å². The van der Waals surface area contributed by atoms with Crippen molar-refractivity contribution >= 4 is 11.8 Å². The van der Waals surface area contributed by atoms with Crippen molar-refractivity contribution in [3.05, 3.63) is 71.8 Å². The Morgan fingerprint density at radius 1 is 0.889 bits per heavy atom. The second-order valence-electron chi connectivity index (χ2n) is 6.96. The highest BCUT2D eigenvalue weighted by atomic mass is 32.2. The van der Waals surface area contributed by atoms with E-state index >= 15 is 0 Å². The molecule has 0 bridgehead atoms. The number of aliphatic hydroxyl groups excluding tert-OH is 2. The van der Waals surface area contributed by atoms with E-state index in [0.29, 0.717) is 18.7 Å². The molecular formula is C22H29NO3S. The van der Waals surface area contributed by atoms with Crippen molar-refractivity contribution in [2.75, 3.05) is 38.6 Å². The summed E-state index contributed by atoms with van der Waals surface area (Å²) < 4.78 is 5.37. The molecule has 0 unspecified atom stereocenters. The Hall–Kier alpha value is -1.37. The lowest BCUT2D eigenvalue weighted by molar-refractivity contribution is 0.0188. The zero-order valence-electron chi connectivity index (χ0n) is 15.6. The van der Waals surface area contributed by atoms with Crippen molar-refractivity contribution in [3.8, 4) is 0 Å². The summed E-state index contributed by atoms with van der Waals surface area (Å²) in [6, 6.07) is 20.1. The Morgan fingerprint density at radius 2 is 1.48 bits per heavy atom. The van der Waals surface area contributed by atoms with Gasteiger partial charge in [0.2, 0.25) is 0 Å². The van der Waals surface area contributed by atoms with E-state index < -0.39 is 6.10 Å². The third kappa shape index (κ3) is 6.63. The average Bonchev–Trinajstić information content (AvgIpc) is 2.73. The summed E-state index contributed by atoms with van der Waals surface area (Å²) in [5, 5.41) is 21.3. The molecule has 1 saturated heterocycles. The fraction of sp³-hybridized carbons (Fsp3) is 0.455. The van der Waals surface area contributed by atoms with Gasteiger partial charge in [-0.25, -0.2) is 0 Å². The van der Waals surface area contributed by atoms with Crippen LogP contribution in [0.5, 0.6) is 0 Å². The maximum atomic E-state index is 10.7. The minimum absolute atomic E-state index is 0.140. The minimum Gasteiger partial charge on any atom is -0.391 e. The van der Waals surface area contributed by atoms with E-state index in [1.807, 2.05) is 48.5 Å². The van der Waals surface area contributed by atoms with Gasteiger partial charge in [-0.15, -0.1) is 0 Å². The summed E-state index contributed by atoms with van der Waals surface area (Å²) >= 11 is 1.73. The van der Waals surface area contributed by atoms with Crippen LogP contribution in [0.3, 0.4) is 0 Å². The molecule has 2 aromatic rings. The molecule has 2 N–H and O–H groups in total. The van der Waals surface area contributed by atoms with Crippen LogP contribution in [0.4, 0.5) is 0 Å². The number of rotatable bonds is 9. The lowest BCUT2D eigenvalue weighted by Crippen LogP contribution is -2.41. The maximum Gasteiger partial charge on any atom is 0.0803 e. The highest BCUT2D eigenvalue weighted by Gasteiger charge is 2.21. The summed E-state index contributed by atoms with van der Waals surface area (Å²) in [7, 11) is 0. The smallest absolute Gasteiger partial charge is 0.0803 e. The van der Waals surface area contributed by atoms with E-state index in [-0.39, 0.29) is 11.4 Å². The molecule has 0 aliphatic carbocycles. The van der Waals surface area contributed by atoms with E-state index in [1.165, 1.54) is 5.56 Å². The molecule has 146 valence electrons. The van der Waals surface area contributed by atoms with Crippen molar-refractivity contribution in [3.63, 3.8) is 0 Å². The molecule has 1 fully saturated rings. The van der Waals surface area contributed by atoms with E-state index in [0.717, 1.165) is 31.9 Å². The lowest BCUT2D eigenvalue weighted by Gasteiger charge is -2.29. The number of nitrogens with zero attached hydrogens (tertiary/aromatic N) is 1. The van der Waals surface area contributed by atoms with Crippen LogP contribution in [-0.2, 0) is 4.74 Å². The van der Waals surface area contributed by atoms with Gasteiger partial charge in [0.25, 0.3) is 0 Å². The van der Waals surface area contributed by atoms with Crippen LogP contribution < -0.4 is 0 Å². The lowest BCUT2D eigenvalue weighted by atomic mass is 10.0. The third-order valence-corrected chi connectivity index (χ3v) is 6.30. The van der Waals surface area contributed by atoms with Gasteiger partial charge in [0.15, 0.2) is 0 Å². The van der Waals surface area contributed by atoms with Crippen LogP contribution in [0.25, 0.3) is 0 Å². The van der Waals surface area contributed by atoms with Gasteiger partial charge in [0.05, 0.1) is 25.4 Å². The molecule has 3 atom stereocenters. The van der Waals surface area contributed by atoms with Crippen molar-refractivity contribution in [2.24, 2.45) is 0 Å². The van der Waals surface area contributed by atoms with Crippen molar-refractivity contribution < 1.29 is 14.9 Å². The van der Waals surface area contributed by atoms with Gasteiger partial charge in [-0.1, -0.05) is 60.7 Å². The fourth-order valence-corrected chi connectivity index (χ4v) is 4.57. The van der Waals surface area contributed by atoms with Crippen LogP contribution in [0, 0.1) is 0 Å². The van der Waals surface area contributed by atoms with Gasteiger partial charge in [-0.3, -0.25) is 4.90 Å². The zero-order valence-corrected chi connectivity index (χ0v) is 16.4. The van der Waals surface area contributed by atoms with Crippen molar-refractivity contribution in [2.45, 2.75) is 23.9 Å². The molecule has 0 radical (unpaired) electrons. The number of hydrogen-bond donors (Lipinski definition) is 2. The Kier molecular flexibility index (Phi) is 8.17. The second kappa shape index (κ2) is 10.8. The summed E-state index contributed by atoms with van der Waals surface area (Å²) in [5.74, 6) is 0.651. The second-order valence-corrected chi connectivity index (χ2v) is 8.20. The largest absolute Gasteiger partial charge is 0.391 e. The van der Waals surface area contributed by atoms with Crippen LogP contribution in [0.2, 0.25) is 0 Å². The SMILES string of the molecule is O[C@H](CS[C@H](C[C@@H](O)c1ccccc1)c1ccccc1)CN1CCOCC1. The number of thioether (sulfide) groups is 1. The first kappa shape index (κ1) is 20.4. The molecular weight excluding hydrogens is 358 g/mol. The highest BCUT2D eigenvalue weighted by Crippen LogP contribution is 2.37. The molecule has 27 heavy (non-hydrogen) atoms. The number of hydrogen-bond acceptors (Lipinski definition) is 5. The molecule has 2 aromatic carbocycles. The number of aliphatic hydroxyl groups is 2. The molecule has 5 heteroatoms. The first-order chi connectivity index (χ1) is 13.2. The summed E-state index contributed by atoms with van der Waals surface area (Å²) in [4.78, 5) is 2.26. The molecule has 0 spiro atoms. The summed E-state index contributed by atoms with van der Waals surface area (Å²) in [6.07, 6.45) is -0.267. The zero-order chi connectivity index (χ0) is 18.9. The third-order valence-electron chi connectivity index (χ3n) is 4.86. The van der Waals surface area contributed by atoms with Crippen LogP contribution >= 0.6 is 11.8 Å². The first-order valence-electron chi connectivity index (χ1n) is 9.60. The standard InChI is InChI=1S/C22H29NO3S/c24-20(16-23-11-13-26-14-12-23)17-27-22(19-9-5-2-6-10-19)15-21(25)18-7-3-1-4-8-18/h1-10,20-22,24-25H,11-17H2/t20-,21+,22+/m0/s1. The minimum atomic E-state index is -0.514. The number of benzene rings is 2. The molecule has 0 amide bonds. The summed E-state index contributed by atoms with van der Waals surface area (Å²) in [5.41, 5.74) is 2.13. The van der Waals surface area contributed by atoms with E-state index in [2.05, 4.69) is 17.0 Å². The van der Waals surface area contributed by atoms with Crippen molar-refractivity contribution in [1.29, 1.82) is 0 Å². The summed E-state index contributed by atoms with van der Waals surface area (Å²) in [6.45, 7) is 3.94. The van der Waals surface area contributed by atoms with Gasteiger partial charge in [0, 0.05) is 30.6 Å². The van der Waals surface area contributed by atoms with Gasteiger partial charge in [-0.05, 0) is 17.5 Å². The normalized spacial score (nSPS) is 18.7. The van der Waals surface area contributed by atoms with Gasteiger partial charge in [-0.2, -0.15) is 11.8 Å². The highest BCUT2D eigenvalue weighted by molar-refractivity contribution is 7.99. The predicted molar refractivity (Wildman–Crippen MR) is 111 cm³/mol. The number of β-amino-alcohol motifs (C(OH)–C–C–N with tert-alkyl or cyclic N) is 1. The monoisotopic (exact) mass is 387 g/mol. The first-order valence-corrected chi connectivity index (χ1v) is 10.6. The molecule has 3 rings (SSSR count). The Morgan fingerprint density at radius 3 is 2.11 bits per heavy atom. The van der Waals surface area contributed by atoms with Crippen LogP contribution in [0.1, 0.15) is 28.9 Å². The van der Waals surface area contributed by atoms with E-state index in [9.17, 15) is 10.2 Å². The topological polar surface area (TPSA) is 52.9 Å². The van der Waals surface area contributed by atoms with E-state index in [1.54, 1.807) is 11.8 Å². The molecule has 0 aromatic heterocycles. The van der Waals surface area contributed by atoms with Gasteiger partial charge in [0.1, 0.15) is 0 Å². The Bertz CT molecular complexity index is 649. The van der Waals surface area contributed by atoms with Gasteiger partial charge >= 0.3 is 0 Å². The average molecular weight is 388 g/mol. The number of morpholine rings is 1. The van der Waals surface area contributed by atoms with Crippen LogP contribution in [-0.4, -0.2) is 59.8 Å². The Labute approximate surface area is 166 Å². The molecule has 4 nitrogen and oxygen atoms in total. The molecule has 0 saturated carbocycles.